The van der Waals surface area contributed by atoms with Gasteiger partial charge in [0.25, 0.3) is 0 Å². The molecule has 2 aliphatic heterocycles. The number of nitrogens with zero attached hydrogens (tertiary/aromatic N) is 3. The van der Waals surface area contributed by atoms with Crippen molar-refractivity contribution in [1.29, 1.82) is 0 Å². The number of hydrogen-bond acceptors (Lipinski definition) is 8. The third-order valence-electron chi connectivity index (χ3n) is 5.82. The van der Waals surface area contributed by atoms with E-state index in [2.05, 4.69) is 10.3 Å². The normalized spacial score (nSPS) is 25.5. The molecule has 0 amide bonds. The number of hydrogen-bond donors (Lipinski definition) is 2. The van der Waals surface area contributed by atoms with E-state index in [9.17, 15) is 23.5 Å². The lowest BCUT2D eigenvalue weighted by Crippen LogP contribution is -2.46. The first-order valence-electron chi connectivity index (χ1n) is 10.2. The molecule has 1 unspecified atom stereocenters. The number of aromatic nitrogens is 1. The van der Waals surface area contributed by atoms with Crippen LogP contribution in [-0.4, -0.2) is 65.2 Å². The maximum absolute atomic E-state index is 14.1. The third-order valence-corrected chi connectivity index (χ3v) is 6.60. The van der Waals surface area contributed by atoms with E-state index in [0.29, 0.717) is 22.1 Å². The maximum atomic E-state index is 14.1. The van der Waals surface area contributed by atoms with E-state index in [1.165, 1.54) is 47.6 Å². The van der Waals surface area contributed by atoms with Gasteiger partial charge in [0.2, 0.25) is 0 Å². The lowest BCUT2D eigenvalue weighted by molar-refractivity contribution is -0.142. The van der Waals surface area contributed by atoms with Crippen LogP contribution in [0.4, 0.5) is 8.78 Å². The summed E-state index contributed by atoms with van der Waals surface area (Å²) >= 11 is 1.32. The van der Waals surface area contributed by atoms with Gasteiger partial charge in [0, 0.05) is 36.8 Å². The largest absolute Gasteiger partial charge is 0.480 e. The number of carbonyl (C=O) groups is 2. The molecule has 1 fully saturated rings. The number of ether oxygens (including phenoxy) is 1. The number of benzene rings is 1. The first kappa shape index (κ1) is 23.0. The molecule has 3 heterocycles. The highest BCUT2D eigenvalue weighted by Crippen LogP contribution is 2.39. The minimum Gasteiger partial charge on any atom is -0.480 e. The van der Waals surface area contributed by atoms with Crippen LogP contribution in [-0.2, 0) is 19.9 Å². The Bertz CT molecular complexity index is 1120. The van der Waals surface area contributed by atoms with Gasteiger partial charge in [-0.05, 0) is 24.6 Å². The number of aliphatic carboxylic acids is 1. The molecule has 0 spiro atoms. The highest BCUT2D eigenvalue weighted by atomic mass is 32.1. The van der Waals surface area contributed by atoms with Gasteiger partial charge in [0.15, 0.2) is 10.8 Å². The van der Waals surface area contributed by atoms with E-state index in [-0.39, 0.29) is 25.1 Å². The number of nitrogens with one attached hydrogen (secondary N) is 1. The molecule has 0 saturated carbocycles. The summed E-state index contributed by atoms with van der Waals surface area (Å²) < 4.78 is 32.8. The number of thiazole rings is 1. The lowest BCUT2D eigenvalue weighted by Gasteiger charge is -2.36. The summed E-state index contributed by atoms with van der Waals surface area (Å²) in [6.07, 6.45) is 0.166. The molecular formula is C22H22F2N4O4S. The van der Waals surface area contributed by atoms with Gasteiger partial charge < -0.3 is 15.2 Å². The topological polar surface area (TPSA) is 104 Å². The average molecular weight is 477 g/mol. The average Bonchev–Trinajstić information content (AvgIpc) is 3.43. The van der Waals surface area contributed by atoms with E-state index < -0.39 is 35.5 Å². The van der Waals surface area contributed by atoms with Crippen LogP contribution in [0.2, 0.25) is 0 Å². The van der Waals surface area contributed by atoms with Gasteiger partial charge in [-0.3, -0.25) is 9.69 Å². The SMILES string of the molecule is COC(=O)C1=C(CN2C[C@@H](F)C[C@H]2C(=O)O)NC(c2nccs2)=NC1(C)c1ccc(F)cc1. The molecule has 4 rings (SSSR count). The fourth-order valence-electron chi connectivity index (χ4n) is 4.26. The smallest absolute Gasteiger partial charge is 0.338 e. The molecule has 33 heavy (non-hydrogen) atoms. The van der Waals surface area contributed by atoms with Crippen LogP contribution in [0.5, 0.6) is 0 Å². The Morgan fingerprint density at radius 1 is 1.36 bits per heavy atom. The molecule has 1 aromatic heterocycles. The molecule has 1 aromatic carbocycles. The number of carbonyl (C=O) groups excluding carboxylic acids is 1. The van der Waals surface area contributed by atoms with Crippen molar-refractivity contribution in [3.8, 4) is 0 Å². The van der Waals surface area contributed by atoms with Crippen molar-refractivity contribution in [2.45, 2.75) is 31.1 Å². The molecule has 2 aliphatic rings. The van der Waals surface area contributed by atoms with Crippen LogP contribution in [0, 0.1) is 5.82 Å². The van der Waals surface area contributed by atoms with Crippen LogP contribution >= 0.6 is 11.3 Å². The molecule has 2 N–H and O–H groups in total. The number of alkyl halides is 1. The highest BCUT2D eigenvalue weighted by Gasteiger charge is 2.44. The van der Waals surface area contributed by atoms with Crippen LogP contribution in [0.1, 0.15) is 23.9 Å². The Labute approximate surface area is 192 Å². The van der Waals surface area contributed by atoms with Crippen molar-refractivity contribution in [2.75, 3.05) is 20.2 Å². The van der Waals surface area contributed by atoms with Gasteiger partial charge in [-0.25, -0.2) is 23.6 Å². The predicted octanol–water partition coefficient (Wildman–Crippen LogP) is 2.47. The fourth-order valence-corrected chi connectivity index (χ4v) is 4.84. The second kappa shape index (κ2) is 8.99. The number of aliphatic imine (C=N–C) groups is 1. The van der Waals surface area contributed by atoms with Crippen molar-refractivity contribution >= 4 is 29.1 Å². The third kappa shape index (κ3) is 4.38. The Hall–Kier alpha value is -3.18. The zero-order chi connectivity index (χ0) is 23.8. The number of amidine groups is 1. The number of carboxylic acids is 1. The van der Waals surface area contributed by atoms with Gasteiger partial charge >= 0.3 is 11.9 Å². The minimum absolute atomic E-state index is 0.0526. The van der Waals surface area contributed by atoms with Gasteiger partial charge in [-0.1, -0.05) is 12.1 Å². The van der Waals surface area contributed by atoms with Crippen molar-refractivity contribution in [3.05, 3.63) is 63.5 Å². The summed E-state index contributed by atoms with van der Waals surface area (Å²) in [6, 6.07) is 4.55. The molecule has 11 heteroatoms. The van der Waals surface area contributed by atoms with Crippen LogP contribution in [0.15, 0.2) is 52.1 Å². The van der Waals surface area contributed by atoms with Gasteiger partial charge in [-0.2, -0.15) is 0 Å². The van der Waals surface area contributed by atoms with Crippen LogP contribution in [0.3, 0.4) is 0 Å². The first-order valence-corrected chi connectivity index (χ1v) is 11.1. The van der Waals surface area contributed by atoms with Crippen molar-refractivity contribution < 1.29 is 28.2 Å². The summed E-state index contributed by atoms with van der Waals surface area (Å²) in [7, 11) is 1.23. The molecule has 0 bridgehead atoms. The summed E-state index contributed by atoms with van der Waals surface area (Å²) in [6.45, 7) is 1.55. The van der Waals surface area contributed by atoms with E-state index in [1.54, 1.807) is 18.5 Å². The summed E-state index contributed by atoms with van der Waals surface area (Å²) in [5.74, 6) is -1.91. The molecule has 3 atom stereocenters. The van der Waals surface area contributed by atoms with Crippen molar-refractivity contribution in [3.63, 3.8) is 0 Å². The zero-order valence-corrected chi connectivity index (χ0v) is 18.7. The molecule has 2 aromatic rings. The van der Waals surface area contributed by atoms with Crippen molar-refractivity contribution in [2.24, 2.45) is 4.99 Å². The summed E-state index contributed by atoms with van der Waals surface area (Å²) in [5.41, 5.74) is -0.315. The molecule has 0 radical (unpaired) electrons. The molecule has 0 aliphatic carbocycles. The number of methoxy groups -OCH3 is 1. The first-order chi connectivity index (χ1) is 15.7. The summed E-state index contributed by atoms with van der Waals surface area (Å²) in [5, 5.41) is 15.0. The zero-order valence-electron chi connectivity index (χ0n) is 17.9. The lowest BCUT2D eigenvalue weighted by atomic mass is 9.82. The highest BCUT2D eigenvalue weighted by molar-refractivity contribution is 7.11. The number of rotatable bonds is 6. The monoisotopic (exact) mass is 476 g/mol. The molecule has 1 saturated heterocycles. The molecule has 174 valence electrons. The van der Waals surface area contributed by atoms with Gasteiger partial charge in [0.1, 0.15) is 23.6 Å². The Balaban J connectivity index is 1.86. The number of halogens is 2. The quantitative estimate of drug-likeness (QED) is 0.618. The maximum Gasteiger partial charge on any atom is 0.338 e. The molecular weight excluding hydrogens is 454 g/mol. The number of esters is 1. The predicted molar refractivity (Wildman–Crippen MR) is 117 cm³/mol. The number of likely N-dealkylation sites (tertiary alicyclic amines) is 1. The second-order valence-corrected chi connectivity index (χ2v) is 8.86. The van der Waals surface area contributed by atoms with E-state index in [1.807, 2.05) is 0 Å². The minimum atomic E-state index is -1.30. The second-order valence-electron chi connectivity index (χ2n) is 7.96. The Morgan fingerprint density at radius 2 is 2.09 bits per heavy atom. The number of carboxylic acid groups (broad SMARTS) is 1. The standard InChI is InChI=1S/C22H22F2N4O4S/c1-22(12-3-5-13(23)6-4-12)17(21(31)32-2)15(26-18(27-22)19-25-7-8-33-19)11-28-10-14(24)9-16(28)20(29)30/h3-8,14,16H,9-11H2,1-2H3,(H,26,27)(H,29,30)/t14-,16-,22?/m0/s1. The fraction of sp³-hybridized carbons (Fsp3) is 0.364. The van der Waals surface area contributed by atoms with E-state index in [0.717, 1.165) is 0 Å². The van der Waals surface area contributed by atoms with E-state index >= 15 is 0 Å². The van der Waals surface area contributed by atoms with E-state index in [4.69, 9.17) is 9.73 Å². The summed E-state index contributed by atoms with van der Waals surface area (Å²) in [4.78, 5) is 35.2. The van der Waals surface area contributed by atoms with Crippen LogP contribution in [0.25, 0.3) is 0 Å². The van der Waals surface area contributed by atoms with Gasteiger partial charge in [0.05, 0.1) is 12.7 Å². The Morgan fingerprint density at radius 3 is 2.70 bits per heavy atom. The Kier molecular flexibility index (Phi) is 6.26. The van der Waals surface area contributed by atoms with Crippen molar-refractivity contribution in [1.82, 2.24) is 15.2 Å². The van der Waals surface area contributed by atoms with Gasteiger partial charge in [-0.15, -0.1) is 11.3 Å². The molecule has 8 nitrogen and oxygen atoms in total. The van der Waals surface area contributed by atoms with Crippen LogP contribution < -0.4 is 5.32 Å².